The van der Waals surface area contributed by atoms with Gasteiger partial charge in [0.15, 0.2) is 0 Å². The summed E-state index contributed by atoms with van der Waals surface area (Å²) in [6.07, 6.45) is 8.70. The second-order valence-corrected chi connectivity index (χ2v) is 6.28. The zero-order chi connectivity index (χ0) is 18.2. The van der Waals surface area contributed by atoms with Crippen LogP contribution in [0.25, 0.3) is 10.9 Å². The quantitative estimate of drug-likeness (QED) is 0.416. The average molecular weight is 341 g/mol. The number of nitrogens with zero attached hydrogens (tertiary/aromatic N) is 1. The second-order valence-electron chi connectivity index (χ2n) is 6.28. The van der Waals surface area contributed by atoms with Gasteiger partial charge in [-0.1, -0.05) is 50.5 Å². The van der Waals surface area contributed by atoms with Gasteiger partial charge in [-0.15, -0.1) is 0 Å². The van der Waals surface area contributed by atoms with E-state index >= 15 is 0 Å². The van der Waals surface area contributed by atoms with Gasteiger partial charge in [0.05, 0.1) is 11.2 Å². The number of benzene rings is 1. The summed E-state index contributed by atoms with van der Waals surface area (Å²) in [5, 5.41) is 11.3. The first-order valence-electron chi connectivity index (χ1n) is 8.97. The highest BCUT2D eigenvalue weighted by Crippen LogP contribution is 2.33. The number of carbonyl (C=O) groups is 1. The van der Waals surface area contributed by atoms with Crippen molar-refractivity contribution in [1.82, 2.24) is 4.98 Å². The average Bonchev–Trinajstić information content (AvgIpc) is 2.59. The lowest BCUT2D eigenvalue weighted by Crippen LogP contribution is -2.08. The molecule has 134 valence electrons. The van der Waals surface area contributed by atoms with Crippen molar-refractivity contribution in [3.05, 3.63) is 47.7 Å². The SMILES string of the molecule is CCCCCC/C=C/C(O)c1nc2ccccc2c(OC(C)=O)c1C. The monoisotopic (exact) mass is 341 g/mol. The van der Waals surface area contributed by atoms with E-state index in [1.54, 1.807) is 6.08 Å². The zero-order valence-electron chi connectivity index (χ0n) is 15.3. The van der Waals surface area contributed by atoms with Crippen molar-refractivity contribution in [2.45, 2.75) is 59.0 Å². The molecule has 0 amide bonds. The highest BCUT2D eigenvalue weighted by Gasteiger charge is 2.18. The van der Waals surface area contributed by atoms with Crippen LogP contribution < -0.4 is 4.74 Å². The number of pyridine rings is 1. The van der Waals surface area contributed by atoms with Gasteiger partial charge < -0.3 is 9.84 Å². The summed E-state index contributed by atoms with van der Waals surface area (Å²) in [4.78, 5) is 16.0. The van der Waals surface area contributed by atoms with Crippen LogP contribution in [-0.2, 0) is 4.79 Å². The van der Waals surface area contributed by atoms with E-state index in [9.17, 15) is 9.90 Å². The predicted molar refractivity (Wildman–Crippen MR) is 101 cm³/mol. The molecule has 1 aromatic carbocycles. The first-order chi connectivity index (χ1) is 12.0. The Morgan fingerprint density at radius 2 is 2.04 bits per heavy atom. The Morgan fingerprint density at radius 1 is 1.28 bits per heavy atom. The lowest BCUT2D eigenvalue weighted by Gasteiger charge is -2.15. The summed E-state index contributed by atoms with van der Waals surface area (Å²) in [5.74, 6) is 0.0925. The number of esters is 1. The van der Waals surface area contributed by atoms with Gasteiger partial charge in [-0.25, -0.2) is 4.98 Å². The summed E-state index contributed by atoms with van der Waals surface area (Å²) in [7, 11) is 0. The van der Waals surface area contributed by atoms with E-state index in [-0.39, 0.29) is 5.97 Å². The van der Waals surface area contributed by atoms with Crippen molar-refractivity contribution in [2.75, 3.05) is 0 Å². The van der Waals surface area contributed by atoms with E-state index in [1.165, 1.54) is 26.2 Å². The number of para-hydroxylation sites is 1. The fraction of sp³-hybridized carbons (Fsp3) is 0.429. The largest absolute Gasteiger partial charge is 0.426 e. The Morgan fingerprint density at radius 3 is 2.76 bits per heavy atom. The molecule has 0 bridgehead atoms. The molecular weight excluding hydrogens is 314 g/mol. The zero-order valence-corrected chi connectivity index (χ0v) is 15.3. The number of hydrogen-bond acceptors (Lipinski definition) is 4. The maximum atomic E-state index is 11.5. The molecular formula is C21H27NO3. The number of aliphatic hydroxyl groups excluding tert-OH is 1. The fourth-order valence-corrected chi connectivity index (χ4v) is 2.86. The van der Waals surface area contributed by atoms with Crippen LogP contribution in [0.2, 0.25) is 0 Å². The first-order valence-corrected chi connectivity index (χ1v) is 8.97. The van der Waals surface area contributed by atoms with Gasteiger partial charge in [0.2, 0.25) is 0 Å². The number of unbranched alkanes of at least 4 members (excludes halogenated alkanes) is 4. The third-order valence-corrected chi connectivity index (χ3v) is 4.18. The van der Waals surface area contributed by atoms with E-state index in [4.69, 9.17) is 4.74 Å². The van der Waals surface area contributed by atoms with Gasteiger partial charge in [0, 0.05) is 17.9 Å². The molecule has 0 aliphatic rings. The van der Waals surface area contributed by atoms with Crippen molar-refractivity contribution in [3.63, 3.8) is 0 Å². The molecule has 0 radical (unpaired) electrons. The minimum Gasteiger partial charge on any atom is -0.426 e. The molecule has 2 rings (SSSR count). The molecule has 0 saturated heterocycles. The van der Waals surface area contributed by atoms with Gasteiger partial charge in [-0.2, -0.15) is 0 Å². The van der Waals surface area contributed by atoms with Crippen LogP contribution in [0.5, 0.6) is 5.75 Å². The van der Waals surface area contributed by atoms with Gasteiger partial charge in [-0.3, -0.25) is 4.79 Å². The maximum Gasteiger partial charge on any atom is 0.308 e. The number of aromatic nitrogens is 1. The van der Waals surface area contributed by atoms with E-state index in [2.05, 4.69) is 11.9 Å². The topological polar surface area (TPSA) is 59.4 Å². The van der Waals surface area contributed by atoms with Crippen molar-refractivity contribution in [1.29, 1.82) is 0 Å². The minimum atomic E-state index is -0.815. The highest BCUT2D eigenvalue weighted by molar-refractivity contribution is 5.89. The van der Waals surface area contributed by atoms with Gasteiger partial charge in [-0.05, 0) is 31.9 Å². The van der Waals surface area contributed by atoms with Crippen LogP contribution in [-0.4, -0.2) is 16.1 Å². The highest BCUT2D eigenvalue weighted by atomic mass is 16.5. The van der Waals surface area contributed by atoms with Crippen LogP contribution in [0.3, 0.4) is 0 Å². The van der Waals surface area contributed by atoms with E-state index in [1.807, 2.05) is 37.3 Å². The van der Waals surface area contributed by atoms with Crippen molar-refractivity contribution in [2.24, 2.45) is 0 Å². The van der Waals surface area contributed by atoms with Crippen LogP contribution in [0.15, 0.2) is 36.4 Å². The molecule has 0 spiro atoms. The number of ether oxygens (including phenoxy) is 1. The fourth-order valence-electron chi connectivity index (χ4n) is 2.86. The normalized spacial score (nSPS) is 12.6. The molecule has 2 aromatic rings. The summed E-state index contributed by atoms with van der Waals surface area (Å²) in [6.45, 7) is 5.39. The van der Waals surface area contributed by atoms with Crippen LogP contribution in [0.4, 0.5) is 0 Å². The number of carbonyl (C=O) groups excluding carboxylic acids is 1. The molecule has 1 atom stereocenters. The molecule has 1 aromatic heterocycles. The smallest absolute Gasteiger partial charge is 0.308 e. The van der Waals surface area contributed by atoms with Crippen LogP contribution in [0, 0.1) is 6.92 Å². The number of rotatable bonds is 8. The molecule has 25 heavy (non-hydrogen) atoms. The van der Waals surface area contributed by atoms with Gasteiger partial charge in [0.25, 0.3) is 0 Å². The summed E-state index contributed by atoms with van der Waals surface area (Å²) in [5.41, 5.74) is 1.92. The third-order valence-electron chi connectivity index (χ3n) is 4.18. The van der Waals surface area contributed by atoms with Crippen LogP contribution >= 0.6 is 0 Å². The van der Waals surface area contributed by atoms with Crippen LogP contribution in [0.1, 0.15) is 63.3 Å². The molecule has 1 heterocycles. The lowest BCUT2D eigenvalue weighted by atomic mass is 10.0. The molecule has 0 aliphatic heterocycles. The Bertz CT molecular complexity index is 752. The second kappa shape index (κ2) is 9.33. The van der Waals surface area contributed by atoms with Crippen molar-refractivity contribution in [3.8, 4) is 5.75 Å². The minimum absolute atomic E-state index is 0.383. The summed E-state index contributed by atoms with van der Waals surface area (Å²) < 4.78 is 5.40. The Hall–Kier alpha value is -2.20. The molecule has 0 aliphatic carbocycles. The number of aliphatic hydroxyl groups is 1. The molecule has 4 nitrogen and oxygen atoms in total. The molecule has 1 N–H and O–H groups in total. The van der Waals surface area contributed by atoms with Crippen molar-refractivity contribution < 1.29 is 14.6 Å². The van der Waals surface area contributed by atoms with E-state index in [0.29, 0.717) is 22.5 Å². The lowest BCUT2D eigenvalue weighted by molar-refractivity contribution is -0.131. The number of hydrogen-bond donors (Lipinski definition) is 1. The molecule has 0 fully saturated rings. The molecule has 1 unspecified atom stereocenters. The van der Waals surface area contributed by atoms with E-state index < -0.39 is 6.10 Å². The summed E-state index contributed by atoms with van der Waals surface area (Å²) in [6, 6.07) is 7.48. The first kappa shape index (κ1) is 19.1. The number of allylic oxidation sites excluding steroid dienone is 1. The summed E-state index contributed by atoms with van der Waals surface area (Å²) >= 11 is 0. The Labute approximate surface area is 149 Å². The Balaban J connectivity index is 2.26. The van der Waals surface area contributed by atoms with Gasteiger partial charge >= 0.3 is 5.97 Å². The molecule has 4 heteroatoms. The maximum absolute atomic E-state index is 11.5. The third kappa shape index (κ3) is 5.13. The Kier molecular flexibility index (Phi) is 7.14. The number of fused-ring (bicyclic) bond motifs is 1. The standard InChI is InChI=1S/C21H27NO3/c1-4-5-6-7-8-9-14-19(24)20-15(2)21(25-16(3)23)17-12-10-11-13-18(17)22-20/h9-14,19,24H,4-8H2,1-3H3/b14-9+. The van der Waals surface area contributed by atoms with E-state index in [0.717, 1.165) is 18.2 Å². The van der Waals surface area contributed by atoms with Gasteiger partial charge in [0.1, 0.15) is 11.9 Å². The van der Waals surface area contributed by atoms with Crippen molar-refractivity contribution >= 4 is 16.9 Å². The predicted octanol–water partition coefficient (Wildman–Crippen LogP) is 5.03. The molecule has 0 saturated carbocycles.